The van der Waals surface area contributed by atoms with Crippen LogP contribution in [0.3, 0.4) is 0 Å². The summed E-state index contributed by atoms with van der Waals surface area (Å²) < 4.78 is 50.8. The summed E-state index contributed by atoms with van der Waals surface area (Å²) in [6.45, 7) is 1.99. The molecule has 0 N–H and O–H groups in total. The number of hydrogen-bond donors (Lipinski definition) is 0. The zero-order valence-electron chi connectivity index (χ0n) is 16.5. The fourth-order valence-electron chi connectivity index (χ4n) is 2.93. The minimum atomic E-state index is -4.60. The molecular weight excluding hydrogens is 457 g/mol. The number of aromatic nitrogens is 2. The highest BCUT2D eigenvalue weighted by molar-refractivity contribution is 7.16. The number of hydrogen-bond acceptors (Lipinski definition) is 6. The molecule has 0 saturated heterocycles. The normalized spacial score (nSPS) is 12.7. The van der Waals surface area contributed by atoms with Gasteiger partial charge in [0.15, 0.2) is 11.9 Å². The summed E-state index contributed by atoms with van der Waals surface area (Å²) >= 11 is 6.86. The molecule has 11 heteroatoms. The summed E-state index contributed by atoms with van der Waals surface area (Å²) in [7, 11) is 1.28. The molecule has 0 amide bonds. The Balaban J connectivity index is 1.98. The van der Waals surface area contributed by atoms with Crippen molar-refractivity contribution in [2.75, 3.05) is 7.11 Å². The molecule has 0 bridgehead atoms. The lowest BCUT2D eigenvalue weighted by Crippen LogP contribution is -2.28. The molecule has 0 aliphatic heterocycles. The van der Waals surface area contributed by atoms with Crippen molar-refractivity contribution in [3.05, 3.63) is 50.7 Å². The van der Waals surface area contributed by atoms with Gasteiger partial charge in [0.2, 0.25) is 0 Å². The van der Waals surface area contributed by atoms with Crippen LogP contribution in [0.25, 0.3) is 16.0 Å². The lowest BCUT2D eigenvalue weighted by Gasteiger charge is -2.16. The van der Waals surface area contributed by atoms with Gasteiger partial charge < -0.3 is 9.47 Å². The van der Waals surface area contributed by atoms with E-state index in [1.807, 2.05) is 6.92 Å². The lowest BCUT2D eigenvalue weighted by molar-refractivity contribution is -0.149. The van der Waals surface area contributed by atoms with Crippen molar-refractivity contribution in [2.24, 2.45) is 0 Å². The fraction of sp³-hybridized carbons (Fsp3) is 0.350. The Morgan fingerprint density at radius 3 is 2.68 bits per heavy atom. The minimum Gasteiger partial charge on any atom is -0.479 e. The van der Waals surface area contributed by atoms with Crippen LogP contribution in [0.5, 0.6) is 5.75 Å². The number of unbranched alkanes of at least 4 members (excludes halogenated alkanes) is 1. The van der Waals surface area contributed by atoms with Crippen molar-refractivity contribution in [1.29, 1.82) is 0 Å². The van der Waals surface area contributed by atoms with E-state index >= 15 is 0 Å². The van der Waals surface area contributed by atoms with Gasteiger partial charge in [0.05, 0.1) is 27.9 Å². The number of benzene rings is 1. The number of carbonyl (C=O) groups is 1. The van der Waals surface area contributed by atoms with Gasteiger partial charge in [-0.1, -0.05) is 36.3 Å². The molecule has 1 unspecified atom stereocenters. The van der Waals surface area contributed by atoms with E-state index in [1.54, 1.807) is 18.2 Å². The molecule has 3 aromatic rings. The monoisotopic (exact) mass is 474 g/mol. The van der Waals surface area contributed by atoms with Crippen molar-refractivity contribution in [1.82, 2.24) is 9.55 Å². The lowest BCUT2D eigenvalue weighted by atomic mass is 10.1. The van der Waals surface area contributed by atoms with Gasteiger partial charge in [0.25, 0.3) is 0 Å². The highest BCUT2D eigenvalue weighted by Gasteiger charge is 2.32. The Morgan fingerprint density at radius 2 is 2.06 bits per heavy atom. The van der Waals surface area contributed by atoms with Crippen LogP contribution in [-0.4, -0.2) is 28.7 Å². The molecule has 0 saturated carbocycles. The van der Waals surface area contributed by atoms with Crippen LogP contribution in [-0.2, 0) is 15.7 Å². The molecule has 2 aromatic heterocycles. The molecule has 31 heavy (non-hydrogen) atoms. The summed E-state index contributed by atoms with van der Waals surface area (Å²) in [4.78, 5) is 27.8. The standard InChI is InChI=1S/C20H18ClF3N2O4S/c1-3-4-5-15(18(27)29-2)30-12-6-7-14-16(9-12)31-19(28)26(14)17-13(21)8-11(10-25-17)20(22,23)24/h6-10,15H,3-5H2,1-2H3. The molecule has 2 heterocycles. The number of methoxy groups -OCH3 is 1. The number of rotatable bonds is 7. The van der Waals surface area contributed by atoms with Gasteiger partial charge in [-0.15, -0.1) is 0 Å². The van der Waals surface area contributed by atoms with Gasteiger partial charge in [-0.25, -0.2) is 14.3 Å². The van der Waals surface area contributed by atoms with E-state index in [0.29, 0.717) is 28.6 Å². The maximum Gasteiger partial charge on any atom is 0.417 e. The average molecular weight is 475 g/mol. The number of thiazole rings is 1. The van der Waals surface area contributed by atoms with Gasteiger partial charge >= 0.3 is 17.0 Å². The topological polar surface area (TPSA) is 70.4 Å². The van der Waals surface area contributed by atoms with Crippen molar-refractivity contribution in [2.45, 2.75) is 38.5 Å². The van der Waals surface area contributed by atoms with Crippen molar-refractivity contribution >= 4 is 39.1 Å². The predicted molar refractivity (Wildman–Crippen MR) is 111 cm³/mol. The summed E-state index contributed by atoms with van der Waals surface area (Å²) in [5, 5.41) is -0.303. The Kier molecular flexibility index (Phi) is 6.90. The molecule has 0 aliphatic carbocycles. The molecule has 1 aromatic carbocycles. The second-order valence-electron chi connectivity index (χ2n) is 6.63. The van der Waals surface area contributed by atoms with Crippen LogP contribution < -0.4 is 9.61 Å². The summed E-state index contributed by atoms with van der Waals surface area (Å²) in [5.41, 5.74) is -0.606. The predicted octanol–water partition coefficient (Wildman–Crippen LogP) is 5.23. The molecule has 6 nitrogen and oxygen atoms in total. The number of carbonyl (C=O) groups excluding carboxylic acids is 1. The first-order valence-electron chi connectivity index (χ1n) is 9.29. The van der Waals surface area contributed by atoms with E-state index in [2.05, 4.69) is 4.98 Å². The quantitative estimate of drug-likeness (QED) is 0.438. The largest absolute Gasteiger partial charge is 0.479 e. The summed E-state index contributed by atoms with van der Waals surface area (Å²) in [6.07, 6.45) is -2.64. The fourth-order valence-corrected chi connectivity index (χ4v) is 4.09. The maximum atomic E-state index is 12.9. The molecule has 0 fully saturated rings. The van der Waals surface area contributed by atoms with Gasteiger partial charge in [-0.2, -0.15) is 13.2 Å². The highest BCUT2D eigenvalue weighted by atomic mass is 35.5. The minimum absolute atomic E-state index is 0.102. The number of nitrogens with zero attached hydrogens (tertiary/aromatic N) is 2. The van der Waals surface area contributed by atoms with Crippen molar-refractivity contribution in [3.63, 3.8) is 0 Å². The number of ether oxygens (including phenoxy) is 2. The van der Waals surface area contributed by atoms with Crippen LogP contribution in [0.4, 0.5) is 13.2 Å². The third kappa shape index (κ3) is 5.01. The van der Waals surface area contributed by atoms with E-state index in [0.717, 1.165) is 34.8 Å². The maximum absolute atomic E-state index is 12.9. The Bertz CT molecular complexity index is 1160. The van der Waals surface area contributed by atoms with Gasteiger partial charge in [-0.3, -0.25) is 4.79 Å². The van der Waals surface area contributed by atoms with Gasteiger partial charge in [0.1, 0.15) is 5.75 Å². The number of pyridine rings is 1. The first-order chi connectivity index (χ1) is 14.7. The van der Waals surface area contributed by atoms with Crippen molar-refractivity contribution in [3.8, 4) is 11.6 Å². The van der Waals surface area contributed by atoms with Gasteiger partial charge in [0, 0.05) is 6.20 Å². The molecule has 166 valence electrons. The van der Waals surface area contributed by atoms with Crippen LogP contribution in [0, 0.1) is 0 Å². The van der Waals surface area contributed by atoms with E-state index < -0.39 is 28.7 Å². The van der Waals surface area contributed by atoms with E-state index in [4.69, 9.17) is 21.1 Å². The van der Waals surface area contributed by atoms with Gasteiger partial charge in [-0.05, 0) is 37.1 Å². The second-order valence-corrected chi connectivity index (χ2v) is 8.03. The van der Waals surface area contributed by atoms with Crippen LogP contribution >= 0.6 is 22.9 Å². The van der Waals surface area contributed by atoms with Crippen molar-refractivity contribution < 1.29 is 27.4 Å². The highest BCUT2D eigenvalue weighted by Crippen LogP contribution is 2.33. The van der Waals surface area contributed by atoms with E-state index in [9.17, 15) is 22.8 Å². The Hall–Kier alpha value is -2.59. The second kappa shape index (κ2) is 9.27. The number of esters is 1. The smallest absolute Gasteiger partial charge is 0.417 e. The number of alkyl halides is 3. The SMILES string of the molecule is CCCCC(Oc1ccc2c(c1)sc(=O)n2-c1ncc(C(F)(F)F)cc1Cl)C(=O)OC. The summed E-state index contributed by atoms with van der Waals surface area (Å²) in [6, 6.07) is 5.43. The molecule has 0 radical (unpaired) electrons. The van der Waals surface area contributed by atoms with Crippen LogP contribution in [0.2, 0.25) is 5.02 Å². The van der Waals surface area contributed by atoms with Crippen LogP contribution in [0.1, 0.15) is 31.7 Å². The number of halogens is 4. The molecule has 0 spiro atoms. The third-order valence-electron chi connectivity index (χ3n) is 4.48. The Morgan fingerprint density at radius 1 is 1.32 bits per heavy atom. The van der Waals surface area contributed by atoms with E-state index in [1.165, 1.54) is 7.11 Å². The molecule has 1 atom stereocenters. The molecule has 0 aliphatic rings. The third-order valence-corrected chi connectivity index (χ3v) is 5.66. The summed E-state index contributed by atoms with van der Waals surface area (Å²) in [5.74, 6) is -0.242. The van der Waals surface area contributed by atoms with Crippen LogP contribution in [0.15, 0.2) is 35.3 Å². The average Bonchev–Trinajstić information content (AvgIpc) is 3.04. The number of fused-ring (bicyclic) bond motifs is 1. The molecular formula is C20H18ClF3N2O4S. The zero-order valence-corrected chi connectivity index (χ0v) is 18.1. The first kappa shape index (κ1) is 23.1. The zero-order chi connectivity index (χ0) is 22.8. The van der Waals surface area contributed by atoms with E-state index in [-0.39, 0.29) is 10.8 Å². The Labute approximate surface area is 184 Å². The molecule has 3 rings (SSSR count). The first-order valence-corrected chi connectivity index (χ1v) is 10.5.